The second kappa shape index (κ2) is 3.98. The molecule has 0 bridgehead atoms. The van der Waals surface area contributed by atoms with Crippen LogP contribution < -0.4 is 0 Å². The zero-order chi connectivity index (χ0) is 12.7. The Morgan fingerprint density at radius 3 is 2.50 bits per heavy atom. The van der Waals surface area contributed by atoms with E-state index in [1.165, 1.54) is 17.0 Å². The van der Waals surface area contributed by atoms with Crippen LogP contribution in [-0.4, -0.2) is 4.98 Å². The standard InChI is InChI=1S/C16H14FN/c1-10-9-12(7-8-14(10)17)16-11(2)13-5-3-4-6-15(13)18-16/h3-9,18H,1-2H3. The number of halogens is 1. The van der Waals surface area contributed by atoms with Crippen LogP contribution in [-0.2, 0) is 0 Å². The Hall–Kier alpha value is -2.09. The first kappa shape index (κ1) is 11.0. The summed E-state index contributed by atoms with van der Waals surface area (Å²) in [6.07, 6.45) is 0. The van der Waals surface area contributed by atoms with Crippen LogP contribution in [0.4, 0.5) is 4.39 Å². The molecule has 3 rings (SSSR count). The van der Waals surface area contributed by atoms with E-state index in [4.69, 9.17) is 0 Å². The van der Waals surface area contributed by atoms with Gasteiger partial charge >= 0.3 is 0 Å². The van der Waals surface area contributed by atoms with Crippen molar-refractivity contribution in [3.8, 4) is 11.3 Å². The van der Waals surface area contributed by atoms with Crippen LogP contribution in [0.15, 0.2) is 42.5 Å². The molecule has 1 heterocycles. The van der Waals surface area contributed by atoms with Crippen LogP contribution in [0.3, 0.4) is 0 Å². The molecule has 1 nitrogen and oxygen atoms in total. The molecule has 0 aliphatic rings. The highest BCUT2D eigenvalue weighted by molar-refractivity contribution is 5.90. The minimum Gasteiger partial charge on any atom is -0.354 e. The van der Waals surface area contributed by atoms with Crippen LogP contribution in [0.5, 0.6) is 0 Å². The van der Waals surface area contributed by atoms with Gasteiger partial charge in [-0.05, 0) is 54.8 Å². The molecule has 0 atom stereocenters. The van der Waals surface area contributed by atoms with Crippen LogP contribution >= 0.6 is 0 Å². The number of hydrogen-bond donors (Lipinski definition) is 1. The zero-order valence-electron chi connectivity index (χ0n) is 10.4. The number of rotatable bonds is 1. The highest BCUT2D eigenvalue weighted by Gasteiger charge is 2.09. The SMILES string of the molecule is Cc1cc(-c2[nH]c3ccccc3c2C)ccc1F. The van der Waals surface area contributed by atoms with Crippen LogP contribution in [0.1, 0.15) is 11.1 Å². The molecule has 90 valence electrons. The number of aromatic amines is 1. The molecule has 2 aromatic carbocycles. The van der Waals surface area contributed by atoms with E-state index in [2.05, 4.69) is 24.0 Å². The third-order valence-corrected chi connectivity index (χ3v) is 3.41. The summed E-state index contributed by atoms with van der Waals surface area (Å²) in [5.74, 6) is -0.160. The fraction of sp³-hybridized carbons (Fsp3) is 0.125. The molecular weight excluding hydrogens is 225 g/mol. The maximum atomic E-state index is 13.3. The molecule has 0 saturated carbocycles. The lowest BCUT2D eigenvalue weighted by molar-refractivity contribution is 0.619. The summed E-state index contributed by atoms with van der Waals surface area (Å²) in [6.45, 7) is 3.88. The number of H-pyrrole nitrogens is 1. The van der Waals surface area contributed by atoms with Crippen molar-refractivity contribution in [2.75, 3.05) is 0 Å². The zero-order valence-corrected chi connectivity index (χ0v) is 10.4. The molecule has 1 N–H and O–H groups in total. The van der Waals surface area contributed by atoms with Crippen LogP contribution in [0.2, 0.25) is 0 Å². The van der Waals surface area contributed by atoms with Gasteiger partial charge in [0.1, 0.15) is 5.82 Å². The molecule has 0 saturated heterocycles. The van der Waals surface area contributed by atoms with Gasteiger partial charge in [0.2, 0.25) is 0 Å². The molecule has 0 fully saturated rings. The molecule has 18 heavy (non-hydrogen) atoms. The topological polar surface area (TPSA) is 15.8 Å². The predicted molar refractivity (Wildman–Crippen MR) is 73.2 cm³/mol. The predicted octanol–water partition coefficient (Wildman–Crippen LogP) is 4.59. The highest BCUT2D eigenvalue weighted by atomic mass is 19.1. The lowest BCUT2D eigenvalue weighted by Gasteiger charge is -2.03. The number of aromatic nitrogens is 1. The van der Waals surface area contributed by atoms with Crippen LogP contribution in [0.25, 0.3) is 22.2 Å². The van der Waals surface area contributed by atoms with E-state index >= 15 is 0 Å². The van der Waals surface area contributed by atoms with E-state index < -0.39 is 0 Å². The fourth-order valence-corrected chi connectivity index (χ4v) is 2.37. The number of benzene rings is 2. The van der Waals surface area contributed by atoms with Gasteiger partial charge in [0.05, 0.1) is 0 Å². The summed E-state index contributed by atoms with van der Waals surface area (Å²) in [6, 6.07) is 13.4. The normalized spacial score (nSPS) is 11.1. The first-order valence-electron chi connectivity index (χ1n) is 6.00. The van der Waals surface area contributed by atoms with Gasteiger partial charge in [-0.2, -0.15) is 0 Å². The van der Waals surface area contributed by atoms with Gasteiger partial charge in [-0.1, -0.05) is 18.2 Å². The second-order valence-electron chi connectivity index (χ2n) is 4.63. The summed E-state index contributed by atoms with van der Waals surface area (Å²) in [7, 11) is 0. The van der Waals surface area contributed by atoms with Gasteiger partial charge in [-0.3, -0.25) is 0 Å². The number of aryl methyl sites for hydroxylation is 2. The monoisotopic (exact) mass is 239 g/mol. The van der Waals surface area contributed by atoms with Gasteiger partial charge in [-0.15, -0.1) is 0 Å². The van der Waals surface area contributed by atoms with Crippen molar-refractivity contribution >= 4 is 10.9 Å². The smallest absolute Gasteiger partial charge is 0.126 e. The summed E-state index contributed by atoms with van der Waals surface area (Å²) < 4.78 is 13.3. The molecule has 0 amide bonds. The van der Waals surface area contributed by atoms with E-state index in [1.54, 1.807) is 6.92 Å². The minimum atomic E-state index is -0.160. The molecule has 0 radical (unpaired) electrons. The van der Waals surface area contributed by atoms with Crippen molar-refractivity contribution in [1.82, 2.24) is 4.98 Å². The average molecular weight is 239 g/mol. The number of para-hydroxylation sites is 1. The molecule has 0 unspecified atom stereocenters. The van der Waals surface area contributed by atoms with E-state index in [-0.39, 0.29) is 5.82 Å². The third-order valence-electron chi connectivity index (χ3n) is 3.41. The van der Waals surface area contributed by atoms with Gasteiger partial charge in [-0.25, -0.2) is 4.39 Å². The Labute approximate surface area is 105 Å². The maximum absolute atomic E-state index is 13.3. The fourth-order valence-electron chi connectivity index (χ4n) is 2.37. The molecular formula is C16H14FN. The van der Waals surface area contributed by atoms with Crippen molar-refractivity contribution in [1.29, 1.82) is 0 Å². The Kier molecular flexibility index (Phi) is 2.44. The summed E-state index contributed by atoms with van der Waals surface area (Å²) >= 11 is 0. The molecule has 0 aliphatic carbocycles. The maximum Gasteiger partial charge on any atom is 0.126 e. The highest BCUT2D eigenvalue weighted by Crippen LogP contribution is 2.30. The molecule has 3 aromatic rings. The van der Waals surface area contributed by atoms with E-state index in [0.717, 1.165) is 16.8 Å². The summed E-state index contributed by atoms with van der Waals surface area (Å²) in [5, 5.41) is 1.22. The molecule has 0 spiro atoms. The third kappa shape index (κ3) is 1.61. The van der Waals surface area contributed by atoms with Crippen molar-refractivity contribution in [3.05, 3.63) is 59.4 Å². The molecule has 2 heteroatoms. The van der Waals surface area contributed by atoms with Crippen molar-refractivity contribution in [2.24, 2.45) is 0 Å². The first-order valence-corrected chi connectivity index (χ1v) is 6.00. The lowest BCUT2D eigenvalue weighted by Crippen LogP contribution is -1.85. The Morgan fingerprint density at radius 1 is 1.00 bits per heavy atom. The molecule has 1 aromatic heterocycles. The Balaban J connectivity index is 2.25. The van der Waals surface area contributed by atoms with Gasteiger partial charge in [0, 0.05) is 16.6 Å². The average Bonchev–Trinajstić information content (AvgIpc) is 2.71. The Bertz CT molecular complexity index is 725. The van der Waals surface area contributed by atoms with Crippen molar-refractivity contribution in [3.63, 3.8) is 0 Å². The van der Waals surface area contributed by atoms with Gasteiger partial charge in [0.15, 0.2) is 0 Å². The number of nitrogens with one attached hydrogen (secondary N) is 1. The van der Waals surface area contributed by atoms with E-state index in [0.29, 0.717) is 5.56 Å². The minimum absolute atomic E-state index is 0.160. The Morgan fingerprint density at radius 2 is 1.78 bits per heavy atom. The number of fused-ring (bicyclic) bond motifs is 1. The quantitative estimate of drug-likeness (QED) is 0.639. The summed E-state index contributed by atoms with van der Waals surface area (Å²) in [5.41, 5.74) is 5.09. The second-order valence-corrected chi connectivity index (χ2v) is 4.63. The largest absolute Gasteiger partial charge is 0.354 e. The lowest BCUT2D eigenvalue weighted by atomic mass is 10.0. The van der Waals surface area contributed by atoms with E-state index in [1.807, 2.05) is 24.3 Å². The van der Waals surface area contributed by atoms with E-state index in [9.17, 15) is 4.39 Å². The van der Waals surface area contributed by atoms with Crippen molar-refractivity contribution < 1.29 is 4.39 Å². The van der Waals surface area contributed by atoms with Gasteiger partial charge < -0.3 is 4.98 Å². The number of hydrogen-bond acceptors (Lipinski definition) is 0. The van der Waals surface area contributed by atoms with Crippen molar-refractivity contribution in [2.45, 2.75) is 13.8 Å². The first-order chi connectivity index (χ1) is 8.66. The van der Waals surface area contributed by atoms with Crippen LogP contribution in [0, 0.1) is 19.7 Å². The molecule has 0 aliphatic heterocycles. The summed E-state index contributed by atoms with van der Waals surface area (Å²) in [4.78, 5) is 3.40. The van der Waals surface area contributed by atoms with Gasteiger partial charge in [0.25, 0.3) is 0 Å².